The van der Waals surface area contributed by atoms with Gasteiger partial charge >= 0.3 is 5.97 Å². The second-order valence-electron chi connectivity index (χ2n) is 7.82. The van der Waals surface area contributed by atoms with Crippen molar-refractivity contribution < 1.29 is 23.3 Å². The van der Waals surface area contributed by atoms with Gasteiger partial charge in [0, 0.05) is 11.5 Å². The van der Waals surface area contributed by atoms with Crippen molar-refractivity contribution in [1.82, 2.24) is 10.1 Å². The van der Waals surface area contributed by atoms with E-state index >= 15 is 0 Å². The highest BCUT2D eigenvalue weighted by Gasteiger charge is 2.26. The molecule has 5 rings (SSSR count). The fourth-order valence-electron chi connectivity index (χ4n) is 4.06. The molecule has 1 aromatic carbocycles. The van der Waals surface area contributed by atoms with E-state index < -0.39 is 18.5 Å². The first-order chi connectivity index (χ1) is 16.1. The molecule has 0 atom stereocenters. The van der Waals surface area contributed by atoms with Gasteiger partial charge in [-0.3, -0.25) is 4.79 Å². The van der Waals surface area contributed by atoms with Crippen LogP contribution in [0.15, 0.2) is 57.7 Å². The number of rotatable bonds is 5. The van der Waals surface area contributed by atoms with E-state index in [1.54, 1.807) is 19.3 Å². The van der Waals surface area contributed by atoms with Gasteiger partial charge in [-0.2, -0.15) is 0 Å². The topological polar surface area (TPSA) is 107 Å². The van der Waals surface area contributed by atoms with Crippen LogP contribution in [0.1, 0.15) is 46.0 Å². The summed E-state index contributed by atoms with van der Waals surface area (Å²) in [6.45, 7) is 1.28. The van der Waals surface area contributed by atoms with Crippen molar-refractivity contribution in [3.63, 3.8) is 0 Å². The molecule has 8 heteroatoms. The lowest BCUT2D eigenvalue weighted by Crippen LogP contribution is -2.22. The first-order valence-corrected chi connectivity index (χ1v) is 10.6. The van der Waals surface area contributed by atoms with E-state index in [1.165, 1.54) is 0 Å². The maximum Gasteiger partial charge on any atom is 0.339 e. The molecule has 8 nitrogen and oxygen atoms in total. The van der Waals surface area contributed by atoms with Crippen LogP contribution < -0.4 is 5.32 Å². The van der Waals surface area contributed by atoms with Crippen LogP contribution in [0.2, 0.25) is 0 Å². The van der Waals surface area contributed by atoms with Crippen molar-refractivity contribution in [2.75, 3.05) is 11.9 Å². The summed E-state index contributed by atoms with van der Waals surface area (Å²) in [6, 6.07) is 12.7. The van der Waals surface area contributed by atoms with Crippen LogP contribution in [0.25, 0.3) is 22.6 Å². The lowest BCUT2D eigenvalue weighted by Gasteiger charge is -2.22. The number of benzene rings is 1. The third kappa shape index (κ3) is 4.27. The molecule has 0 saturated heterocycles. The highest BCUT2D eigenvalue weighted by atomic mass is 16.5. The number of aromatic nitrogens is 2. The van der Waals surface area contributed by atoms with Crippen LogP contribution in [0.4, 0.5) is 5.82 Å². The Labute approximate surface area is 189 Å². The van der Waals surface area contributed by atoms with Gasteiger partial charge in [-0.1, -0.05) is 23.4 Å². The Morgan fingerprint density at radius 2 is 2.06 bits per heavy atom. The fourth-order valence-corrected chi connectivity index (χ4v) is 4.06. The normalized spacial score (nSPS) is 14.3. The summed E-state index contributed by atoms with van der Waals surface area (Å²) in [4.78, 5) is 30.3. The molecule has 3 heterocycles. The number of nitrogens with one attached hydrogen (secondary N) is 1. The molecular formula is C25H21N3O5. The molecule has 3 aromatic heterocycles. The first-order valence-electron chi connectivity index (χ1n) is 10.6. The van der Waals surface area contributed by atoms with Crippen molar-refractivity contribution >= 4 is 40.2 Å². The Morgan fingerprint density at radius 3 is 2.85 bits per heavy atom. The molecule has 33 heavy (non-hydrogen) atoms. The minimum absolute atomic E-state index is 0.271. The largest absolute Gasteiger partial charge is 0.465 e. The lowest BCUT2D eigenvalue weighted by molar-refractivity contribution is -0.119. The van der Waals surface area contributed by atoms with Crippen LogP contribution >= 0.6 is 0 Å². The maximum absolute atomic E-state index is 13.2. The Kier molecular flexibility index (Phi) is 5.48. The van der Waals surface area contributed by atoms with Gasteiger partial charge in [0.25, 0.3) is 5.91 Å². The molecule has 1 amide bonds. The summed E-state index contributed by atoms with van der Waals surface area (Å²) in [5, 5.41) is 6.96. The summed E-state index contributed by atoms with van der Waals surface area (Å²) in [5.41, 5.74) is 3.75. The van der Waals surface area contributed by atoms with E-state index in [0.29, 0.717) is 28.6 Å². The van der Waals surface area contributed by atoms with Crippen molar-refractivity contribution in [1.29, 1.82) is 0 Å². The summed E-state index contributed by atoms with van der Waals surface area (Å²) in [5.74, 6) is 0.512. The van der Waals surface area contributed by atoms with Crippen molar-refractivity contribution in [2.45, 2.75) is 26.2 Å². The number of aryl methyl sites for hydroxylation is 1. The molecule has 1 aliphatic carbocycles. The summed E-state index contributed by atoms with van der Waals surface area (Å²) in [7, 11) is 0. The van der Waals surface area contributed by atoms with Gasteiger partial charge in [-0.25, -0.2) is 9.78 Å². The van der Waals surface area contributed by atoms with Crippen LogP contribution in [-0.4, -0.2) is 28.6 Å². The number of pyridine rings is 1. The zero-order valence-electron chi connectivity index (χ0n) is 18.0. The number of hydrogen-bond donors (Lipinski definition) is 1. The van der Waals surface area contributed by atoms with Gasteiger partial charge in [-0.15, -0.1) is 0 Å². The van der Waals surface area contributed by atoms with E-state index in [9.17, 15) is 9.59 Å². The molecule has 0 aliphatic heterocycles. The van der Waals surface area contributed by atoms with Gasteiger partial charge in [0.05, 0.1) is 23.0 Å². The van der Waals surface area contributed by atoms with Crippen LogP contribution in [0, 0.1) is 6.92 Å². The Hall–Kier alpha value is -4.20. The second-order valence-corrected chi connectivity index (χ2v) is 7.82. The maximum atomic E-state index is 13.2. The van der Waals surface area contributed by atoms with Crippen molar-refractivity contribution in [3.05, 3.63) is 77.1 Å². The van der Waals surface area contributed by atoms with E-state index in [4.69, 9.17) is 18.7 Å². The number of allylic oxidation sites excluding steroid dienone is 1. The van der Waals surface area contributed by atoms with Crippen LogP contribution in [0.5, 0.6) is 0 Å². The van der Waals surface area contributed by atoms with Crippen LogP contribution in [-0.2, 0) is 16.0 Å². The van der Waals surface area contributed by atoms with Crippen molar-refractivity contribution in [2.24, 2.45) is 0 Å². The van der Waals surface area contributed by atoms with Gasteiger partial charge in [-0.05, 0) is 61.6 Å². The van der Waals surface area contributed by atoms with Gasteiger partial charge in [0.2, 0.25) is 0 Å². The molecule has 0 radical (unpaired) electrons. The number of carbonyl (C=O) groups is 2. The minimum atomic E-state index is -0.560. The average Bonchev–Trinajstić information content (AvgIpc) is 3.48. The predicted molar refractivity (Wildman–Crippen MR) is 121 cm³/mol. The fraction of sp³-hybridized carbons (Fsp3) is 0.200. The molecule has 0 unspecified atom stereocenters. The number of ether oxygens (including phenoxy) is 1. The van der Waals surface area contributed by atoms with Gasteiger partial charge < -0.3 is 19.0 Å². The molecule has 1 aliphatic rings. The Bertz CT molecular complexity index is 1370. The Morgan fingerprint density at radius 1 is 1.18 bits per heavy atom. The SMILES string of the molecule is Cc1cc(NC(=O)COC(=O)c2c3c(nc4ccccc24)/C(=C\c2ccco2)CCC3)no1. The number of carbonyl (C=O) groups excluding carboxylic acids is 2. The highest BCUT2D eigenvalue weighted by Crippen LogP contribution is 2.36. The third-order valence-electron chi connectivity index (χ3n) is 5.46. The minimum Gasteiger partial charge on any atom is -0.465 e. The number of hydrogen-bond acceptors (Lipinski definition) is 7. The summed E-state index contributed by atoms with van der Waals surface area (Å²) < 4.78 is 15.8. The third-order valence-corrected chi connectivity index (χ3v) is 5.46. The molecule has 0 bridgehead atoms. The number of fused-ring (bicyclic) bond motifs is 2. The monoisotopic (exact) mass is 443 g/mol. The number of anilines is 1. The molecule has 0 fully saturated rings. The highest BCUT2D eigenvalue weighted by molar-refractivity contribution is 6.07. The molecule has 0 saturated carbocycles. The summed E-state index contributed by atoms with van der Waals surface area (Å²) in [6.07, 6.45) is 5.97. The van der Waals surface area contributed by atoms with Gasteiger partial charge in [0.1, 0.15) is 11.5 Å². The van der Waals surface area contributed by atoms with Crippen molar-refractivity contribution in [3.8, 4) is 0 Å². The van der Waals surface area contributed by atoms with Crippen LogP contribution in [0.3, 0.4) is 0 Å². The smallest absolute Gasteiger partial charge is 0.339 e. The molecular weight excluding hydrogens is 422 g/mol. The molecule has 1 N–H and O–H groups in total. The van der Waals surface area contributed by atoms with E-state index in [-0.39, 0.29) is 5.82 Å². The summed E-state index contributed by atoms with van der Waals surface area (Å²) >= 11 is 0. The van der Waals surface area contributed by atoms with Gasteiger partial charge in [0.15, 0.2) is 12.4 Å². The molecule has 0 spiro atoms. The predicted octanol–water partition coefficient (Wildman–Crippen LogP) is 4.80. The zero-order chi connectivity index (χ0) is 22.8. The number of amides is 1. The molecule has 4 aromatic rings. The zero-order valence-corrected chi connectivity index (χ0v) is 18.0. The van der Waals surface area contributed by atoms with E-state index in [0.717, 1.165) is 35.4 Å². The average molecular weight is 443 g/mol. The van der Waals surface area contributed by atoms with E-state index in [2.05, 4.69) is 10.5 Å². The Balaban J connectivity index is 1.47. The number of esters is 1. The molecule has 166 valence electrons. The lowest BCUT2D eigenvalue weighted by atomic mass is 9.86. The quantitative estimate of drug-likeness (QED) is 0.442. The standard InChI is InChI=1S/C25H21N3O5/c1-15-12-21(28-33-15)27-22(29)14-32-25(30)23-18-8-2-3-10-20(18)26-24-16(6-4-9-19(23)24)13-17-7-5-11-31-17/h2-3,5,7-8,10-13H,4,6,9,14H2,1H3,(H,27,28,29)/b16-13-. The van der Waals surface area contributed by atoms with E-state index in [1.807, 2.05) is 42.5 Å². The number of nitrogens with zero attached hydrogens (tertiary/aromatic N) is 2. The second kappa shape index (κ2) is 8.74. The number of para-hydroxylation sites is 1. The number of furan rings is 1. The first kappa shape index (κ1) is 20.7.